The summed E-state index contributed by atoms with van der Waals surface area (Å²) in [6.07, 6.45) is -14.6. The lowest BCUT2D eigenvalue weighted by molar-refractivity contribution is -0.152. The fraction of sp³-hybridized carbons (Fsp3) is 0.400. The third kappa shape index (κ3) is 8.40. The number of amides is 3. The summed E-state index contributed by atoms with van der Waals surface area (Å²) in [4.78, 5) is 40.0. The number of nitrogens with two attached hydrogens (primary N) is 1. The van der Waals surface area contributed by atoms with Crippen molar-refractivity contribution >= 4 is 58.0 Å². The molecule has 0 bridgehead atoms. The van der Waals surface area contributed by atoms with Crippen molar-refractivity contribution in [3.63, 3.8) is 0 Å². The molecule has 0 saturated heterocycles. The molecule has 0 spiro atoms. The van der Waals surface area contributed by atoms with Gasteiger partial charge in [-0.3, -0.25) is 14.4 Å². The van der Waals surface area contributed by atoms with Gasteiger partial charge >= 0.3 is 12.4 Å². The molecule has 0 saturated carbocycles. The summed E-state index contributed by atoms with van der Waals surface area (Å²) in [6, 6.07) is 9.74. The van der Waals surface area contributed by atoms with Crippen LogP contribution in [0.1, 0.15) is 25.7 Å². The third-order valence-electron chi connectivity index (χ3n) is 6.31. The highest BCUT2D eigenvalue weighted by atomic mass is 35.5. The van der Waals surface area contributed by atoms with Gasteiger partial charge in [-0.1, -0.05) is 35.3 Å². The second kappa shape index (κ2) is 12.5. The Hall–Kier alpha value is -3.19. The van der Waals surface area contributed by atoms with Crippen molar-refractivity contribution in [3.8, 4) is 0 Å². The Labute approximate surface area is 235 Å². The molecule has 2 unspecified atom stereocenters. The standard InChI is InChI=1S/C25H24Cl2F6N4O3/c26-13-3-1-4-14(11-13)37-12-18(23(40)36-20-17(27)5-2-6-19(20)37)35-22(39)16(8-10-25(31,32)33)15(21(34)38)7-9-24(28,29)30/h1-6,11,15-16,18H,7-10,12H2,(H2,34,38)(H,35,39)(H,36,40)/t15?,16?,18-/m0/s1. The number of halogens is 8. The Morgan fingerprint density at radius 2 is 1.60 bits per heavy atom. The van der Waals surface area contributed by atoms with Crippen molar-refractivity contribution in [2.45, 2.75) is 44.1 Å². The van der Waals surface area contributed by atoms with Gasteiger partial charge in [-0.25, -0.2) is 0 Å². The molecule has 1 aliphatic rings. The molecule has 40 heavy (non-hydrogen) atoms. The van der Waals surface area contributed by atoms with Crippen molar-refractivity contribution in [2.24, 2.45) is 17.6 Å². The normalized spacial score (nSPS) is 17.4. The van der Waals surface area contributed by atoms with Crippen molar-refractivity contribution in [1.29, 1.82) is 0 Å². The van der Waals surface area contributed by atoms with Gasteiger partial charge in [0.15, 0.2) is 0 Å². The molecule has 3 amide bonds. The molecule has 2 aromatic carbocycles. The summed E-state index contributed by atoms with van der Waals surface area (Å²) in [7, 11) is 0. The minimum Gasteiger partial charge on any atom is -0.369 e. The fourth-order valence-electron chi connectivity index (χ4n) is 4.41. The average Bonchev–Trinajstić information content (AvgIpc) is 2.97. The molecular weight excluding hydrogens is 589 g/mol. The number of rotatable bonds is 9. The van der Waals surface area contributed by atoms with Crippen LogP contribution in [0.15, 0.2) is 42.5 Å². The number of para-hydroxylation sites is 1. The van der Waals surface area contributed by atoms with Crippen LogP contribution < -0.4 is 21.3 Å². The van der Waals surface area contributed by atoms with E-state index in [9.17, 15) is 40.7 Å². The van der Waals surface area contributed by atoms with E-state index >= 15 is 0 Å². The molecule has 1 heterocycles. The first-order chi connectivity index (χ1) is 18.6. The number of nitrogens with one attached hydrogen (secondary N) is 2. The second-order valence-electron chi connectivity index (χ2n) is 9.20. The minimum atomic E-state index is -4.77. The predicted molar refractivity (Wildman–Crippen MR) is 137 cm³/mol. The average molecular weight is 613 g/mol. The zero-order valence-electron chi connectivity index (χ0n) is 20.6. The maximum Gasteiger partial charge on any atom is 0.389 e. The molecule has 15 heteroatoms. The number of nitrogens with zero attached hydrogens (tertiary/aromatic N) is 1. The maximum atomic E-state index is 13.3. The Morgan fingerprint density at radius 1 is 1.00 bits per heavy atom. The highest BCUT2D eigenvalue weighted by Crippen LogP contribution is 2.40. The van der Waals surface area contributed by atoms with Crippen molar-refractivity contribution in [3.05, 3.63) is 52.5 Å². The van der Waals surface area contributed by atoms with Crippen LogP contribution in [0.25, 0.3) is 0 Å². The van der Waals surface area contributed by atoms with E-state index < -0.39 is 73.6 Å². The molecule has 3 atom stereocenters. The monoisotopic (exact) mass is 612 g/mol. The number of anilines is 3. The summed E-state index contributed by atoms with van der Waals surface area (Å²) in [5.41, 5.74) is 6.30. The van der Waals surface area contributed by atoms with Crippen LogP contribution in [0, 0.1) is 11.8 Å². The first-order valence-electron chi connectivity index (χ1n) is 11.9. The largest absolute Gasteiger partial charge is 0.389 e. The van der Waals surface area contributed by atoms with Crippen LogP contribution in [0.3, 0.4) is 0 Å². The Kier molecular flexibility index (Phi) is 9.83. The van der Waals surface area contributed by atoms with Gasteiger partial charge in [0.05, 0.1) is 22.9 Å². The number of carbonyl (C=O) groups excluding carboxylic acids is 3. The number of primary amides is 1. The van der Waals surface area contributed by atoms with Crippen molar-refractivity contribution in [2.75, 3.05) is 16.8 Å². The van der Waals surface area contributed by atoms with Gasteiger partial charge in [0.1, 0.15) is 6.04 Å². The van der Waals surface area contributed by atoms with Crippen LogP contribution in [-0.4, -0.2) is 42.7 Å². The Bertz CT molecular complexity index is 1260. The molecule has 2 aromatic rings. The number of hydrogen-bond acceptors (Lipinski definition) is 4. The quantitative estimate of drug-likeness (QED) is 0.303. The van der Waals surface area contributed by atoms with E-state index in [0.29, 0.717) is 16.4 Å². The summed E-state index contributed by atoms with van der Waals surface area (Å²) >= 11 is 12.4. The molecule has 0 radical (unpaired) electrons. The van der Waals surface area contributed by atoms with Crippen LogP contribution in [0.4, 0.5) is 43.4 Å². The molecule has 0 aliphatic carbocycles. The molecule has 1 aliphatic heterocycles. The number of benzene rings is 2. The SMILES string of the molecule is NC(=O)C(CCC(F)(F)F)C(CCC(F)(F)F)C(=O)N[C@H]1CN(c2cccc(Cl)c2)c2cccc(Cl)c2NC1=O. The van der Waals surface area contributed by atoms with Gasteiger partial charge in [-0.05, 0) is 43.2 Å². The van der Waals surface area contributed by atoms with E-state index in [2.05, 4.69) is 10.6 Å². The van der Waals surface area contributed by atoms with E-state index in [1.165, 1.54) is 6.07 Å². The smallest absolute Gasteiger partial charge is 0.369 e. The maximum absolute atomic E-state index is 13.3. The number of alkyl halides is 6. The number of carbonyl (C=O) groups is 3. The van der Waals surface area contributed by atoms with E-state index in [1.54, 1.807) is 41.3 Å². The molecule has 0 fully saturated rings. The highest BCUT2D eigenvalue weighted by Gasteiger charge is 2.41. The lowest BCUT2D eigenvalue weighted by atomic mass is 9.83. The number of fused-ring (bicyclic) bond motifs is 1. The third-order valence-corrected chi connectivity index (χ3v) is 6.86. The molecular formula is C25H24Cl2F6N4O3. The minimum absolute atomic E-state index is 0.147. The predicted octanol–water partition coefficient (Wildman–Crippen LogP) is 5.97. The number of hydrogen-bond donors (Lipinski definition) is 3. The van der Waals surface area contributed by atoms with Crippen LogP contribution >= 0.6 is 23.2 Å². The van der Waals surface area contributed by atoms with Crippen LogP contribution in [0.5, 0.6) is 0 Å². The molecule has 7 nitrogen and oxygen atoms in total. The van der Waals surface area contributed by atoms with E-state index in [0.717, 1.165) is 0 Å². The van der Waals surface area contributed by atoms with Gasteiger partial charge in [0.25, 0.3) is 0 Å². The first kappa shape index (κ1) is 31.3. The topological polar surface area (TPSA) is 105 Å². The van der Waals surface area contributed by atoms with Gasteiger partial charge < -0.3 is 21.3 Å². The van der Waals surface area contributed by atoms with Crippen molar-refractivity contribution < 1.29 is 40.7 Å². The zero-order valence-corrected chi connectivity index (χ0v) is 22.1. The van der Waals surface area contributed by atoms with Gasteiger partial charge in [-0.15, -0.1) is 0 Å². The Morgan fingerprint density at radius 3 is 2.17 bits per heavy atom. The molecule has 0 aromatic heterocycles. The van der Waals surface area contributed by atoms with Gasteiger partial charge in [-0.2, -0.15) is 26.3 Å². The van der Waals surface area contributed by atoms with E-state index in [1.807, 2.05) is 0 Å². The van der Waals surface area contributed by atoms with Crippen LogP contribution in [-0.2, 0) is 14.4 Å². The van der Waals surface area contributed by atoms with Gasteiger partial charge in [0.2, 0.25) is 17.7 Å². The van der Waals surface area contributed by atoms with Crippen LogP contribution in [0.2, 0.25) is 10.0 Å². The molecule has 218 valence electrons. The van der Waals surface area contributed by atoms with Crippen molar-refractivity contribution in [1.82, 2.24) is 5.32 Å². The summed E-state index contributed by atoms with van der Waals surface area (Å²) in [5, 5.41) is 5.38. The lowest BCUT2D eigenvalue weighted by Gasteiger charge is -2.29. The summed E-state index contributed by atoms with van der Waals surface area (Å²) in [6.45, 7) is -0.263. The molecule has 3 rings (SSSR count). The van der Waals surface area contributed by atoms with Gasteiger partial charge in [0, 0.05) is 35.4 Å². The fourth-order valence-corrected chi connectivity index (χ4v) is 4.81. The lowest BCUT2D eigenvalue weighted by Crippen LogP contribution is -2.52. The van der Waals surface area contributed by atoms with E-state index in [-0.39, 0.29) is 17.3 Å². The zero-order chi connectivity index (χ0) is 29.8. The highest BCUT2D eigenvalue weighted by molar-refractivity contribution is 6.35. The summed E-state index contributed by atoms with van der Waals surface area (Å²) < 4.78 is 77.7. The molecule has 4 N–H and O–H groups in total. The first-order valence-corrected chi connectivity index (χ1v) is 12.7. The Balaban J connectivity index is 1.96. The second-order valence-corrected chi connectivity index (χ2v) is 10.0. The van der Waals surface area contributed by atoms with E-state index in [4.69, 9.17) is 28.9 Å². The summed E-state index contributed by atoms with van der Waals surface area (Å²) in [5.74, 6) is -7.14.